The van der Waals surface area contributed by atoms with Crippen LogP contribution in [-0.4, -0.2) is 48.6 Å². The number of carbonyl (C=O) groups excluding carboxylic acids is 1. The fourth-order valence-corrected chi connectivity index (χ4v) is 2.49. The number of aliphatic carboxylic acids is 1. The first-order valence-electron chi connectivity index (χ1n) is 5.60. The van der Waals surface area contributed by atoms with Gasteiger partial charge in [-0.1, -0.05) is 0 Å². The van der Waals surface area contributed by atoms with Gasteiger partial charge < -0.3 is 15.7 Å². The van der Waals surface area contributed by atoms with Crippen molar-refractivity contribution in [1.82, 2.24) is 15.6 Å². The van der Waals surface area contributed by atoms with E-state index < -0.39 is 27.9 Å². The minimum atomic E-state index is -3.28. The number of nitrogens with one attached hydrogen (secondary N) is 2. The van der Waals surface area contributed by atoms with Gasteiger partial charge in [-0.2, -0.15) is 0 Å². The number of aromatic nitrogens is 1. The predicted molar refractivity (Wildman–Crippen MR) is 73.2 cm³/mol. The molecule has 1 atom stereocenters. The summed E-state index contributed by atoms with van der Waals surface area (Å²) < 4.78 is 22.0. The summed E-state index contributed by atoms with van der Waals surface area (Å²) in [7, 11) is -3.28. The van der Waals surface area contributed by atoms with Crippen molar-refractivity contribution >= 4 is 33.2 Å². The third-order valence-electron chi connectivity index (χ3n) is 2.29. The molecule has 1 unspecified atom stereocenters. The van der Waals surface area contributed by atoms with Crippen LogP contribution in [0.1, 0.15) is 11.3 Å². The summed E-state index contributed by atoms with van der Waals surface area (Å²) in [4.78, 5) is 27.1. The van der Waals surface area contributed by atoms with Crippen LogP contribution in [0.3, 0.4) is 0 Å². The quantitative estimate of drug-likeness (QED) is 0.640. The highest BCUT2D eigenvalue weighted by Gasteiger charge is 2.21. The monoisotopic (exact) mass is 321 g/mol. The van der Waals surface area contributed by atoms with Gasteiger partial charge in [-0.25, -0.2) is 18.0 Å². The minimum Gasteiger partial charge on any atom is -0.480 e. The van der Waals surface area contributed by atoms with Gasteiger partial charge in [-0.15, -0.1) is 11.3 Å². The topological polar surface area (TPSA) is 125 Å². The highest BCUT2D eigenvalue weighted by atomic mass is 32.2. The number of thiazole rings is 1. The van der Waals surface area contributed by atoms with Crippen molar-refractivity contribution in [3.05, 3.63) is 16.6 Å². The summed E-state index contributed by atoms with van der Waals surface area (Å²) in [6.07, 6.45) is 2.42. The second-order valence-electron chi connectivity index (χ2n) is 4.10. The number of hydrogen-bond donors (Lipinski definition) is 3. The molecule has 3 N–H and O–H groups in total. The van der Waals surface area contributed by atoms with Gasteiger partial charge in [0.1, 0.15) is 15.9 Å². The zero-order valence-electron chi connectivity index (χ0n) is 10.7. The van der Waals surface area contributed by atoms with E-state index in [0.29, 0.717) is 0 Å². The number of sulfone groups is 1. The largest absolute Gasteiger partial charge is 0.480 e. The number of amides is 2. The van der Waals surface area contributed by atoms with Crippen molar-refractivity contribution in [2.45, 2.75) is 19.0 Å². The first kappa shape index (κ1) is 16.4. The Morgan fingerprint density at radius 1 is 1.50 bits per heavy atom. The van der Waals surface area contributed by atoms with Crippen molar-refractivity contribution in [3.63, 3.8) is 0 Å². The van der Waals surface area contributed by atoms with E-state index in [4.69, 9.17) is 5.11 Å². The molecule has 0 bridgehead atoms. The number of carboxylic acids is 1. The molecular weight excluding hydrogens is 306 g/mol. The summed E-state index contributed by atoms with van der Waals surface area (Å²) in [6, 6.07) is -1.91. The summed E-state index contributed by atoms with van der Waals surface area (Å²) in [5.74, 6) is -1.58. The number of nitrogens with zero attached hydrogens (tertiary/aromatic N) is 1. The molecular formula is C10H15N3O5S2. The maximum absolute atomic E-state index is 11.5. The van der Waals surface area contributed by atoms with Crippen LogP contribution in [0.5, 0.6) is 0 Å². The van der Waals surface area contributed by atoms with E-state index in [1.54, 1.807) is 11.7 Å². The molecule has 1 aromatic heterocycles. The Bertz CT molecular complexity index is 555. The summed E-state index contributed by atoms with van der Waals surface area (Å²) in [6.45, 7) is 0.231. The molecule has 0 saturated heterocycles. The van der Waals surface area contributed by atoms with Gasteiger partial charge in [0.25, 0.3) is 0 Å². The maximum Gasteiger partial charge on any atom is 0.326 e. The number of urea groups is 1. The van der Waals surface area contributed by atoms with Crippen LogP contribution in [-0.2, 0) is 21.2 Å². The Hall–Kier alpha value is -1.68. The Kier molecular flexibility index (Phi) is 5.89. The van der Waals surface area contributed by atoms with E-state index in [1.807, 2.05) is 0 Å². The predicted octanol–water partition coefficient (Wildman–Crippen LogP) is -0.170. The number of hydrogen-bond acceptors (Lipinski definition) is 6. The van der Waals surface area contributed by atoms with Crippen LogP contribution >= 0.6 is 11.3 Å². The van der Waals surface area contributed by atoms with Gasteiger partial charge in [-0.3, -0.25) is 4.98 Å². The fourth-order valence-electron chi connectivity index (χ4n) is 1.30. The van der Waals surface area contributed by atoms with E-state index in [0.717, 1.165) is 11.1 Å². The van der Waals surface area contributed by atoms with E-state index in [9.17, 15) is 18.0 Å². The first-order chi connectivity index (χ1) is 9.28. The van der Waals surface area contributed by atoms with Gasteiger partial charge in [0, 0.05) is 17.3 Å². The molecule has 0 aliphatic carbocycles. The summed E-state index contributed by atoms with van der Waals surface area (Å²) in [5.41, 5.74) is 1.61. The third-order valence-corrected chi connectivity index (χ3v) is 4.04. The second-order valence-corrected chi connectivity index (χ2v) is 7.33. The molecule has 0 saturated carbocycles. The van der Waals surface area contributed by atoms with E-state index >= 15 is 0 Å². The van der Waals surface area contributed by atoms with Crippen LogP contribution in [0.15, 0.2) is 11.7 Å². The van der Waals surface area contributed by atoms with Gasteiger partial charge in [0.05, 0.1) is 17.8 Å². The zero-order valence-corrected chi connectivity index (χ0v) is 12.3. The SMILES string of the molecule is CS(=O)(=O)CCC(NC(=O)NCc1cncs1)C(=O)O. The lowest BCUT2D eigenvalue weighted by Gasteiger charge is -2.14. The molecule has 0 aromatic carbocycles. The van der Waals surface area contributed by atoms with E-state index in [2.05, 4.69) is 15.6 Å². The smallest absolute Gasteiger partial charge is 0.326 e. The van der Waals surface area contributed by atoms with Crippen molar-refractivity contribution in [3.8, 4) is 0 Å². The van der Waals surface area contributed by atoms with Gasteiger partial charge in [0.2, 0.25) is 0 Å². The van der Waals surface area contributed by atoms with Gasteiger partial charge in [0.15, 0.2) is 0 Å². The fraction of sp³-hybridized carbons (Fsp3) is 0.500. The third kappa shape index (κ3) is 6.48. The van der Waals surface area contributed by atoms with Crippen molar-refractivity contribution in [2.24, 2.45) is 0 Å². The second kappa shape index (κ2) is 7.20. The Labute approximate surface area is 120 Å². The van der Waals surface area contributed by atoms with Crippen molar-refractivity contribution in [1.29, 1.82) is 0 Å². The lowest BCUT2D eigenvalue weighted by molar-refractivity contribution is -0.139. The summed E-state index contributed by atoms with van der Waals surface area (Å²) in [5, 5.41) is 13.6. The van der Waals surface area contributed by atoms with Crippen LogP contribution in [0.4, 0.5) is 4.79 Å². The van der Waals surface area contributed by atoms with Crippen molar-refractivity contribution in [2.75, 3.05) is 12.0 Å². The average Bonchev–Trinajstić information content (AvgIpc) is 2.83. The van der Waals surface area contributed by atoms with Crippen molar-refractivity contribution < 1.29 is 23.1 Å². The van der Waals surface area contributed by atoms with E-state index in [1.165, 1.54) is 11.3 Å². The molecule has 0 spiro atoms. The maximum atomic E-state index is 11.5. The van der Waals surface area contributed by atoms with Gasteiger partial charge >= 0.3 is 12.0 Å². The standard InChI is InChI=1S/C10H15N3O5S2/c1-20(17,18)3-2-8(9(14)15)13-10(16)12-5-7-4-11-6-19-7/h4,6,8H,2-3,5H2,1H3,(H,14,15)(H2,12,13,16). The first-order valence-corrected chi connectivity index (χ1v) is 8.54. The Balaban J connectivity index is 2.44. The molecule has 8 nitrogen and oxygen atoms in total. The molecule has 0 fully saturated rings. The molecule has 0 aliphatic heterocycles. The van der Waals surface area contributed by atoms with Crippen LogP contribution < -0.4 is 10.6 Å². The normalized spacial score (nSPS) is 12.7. The highest BCUT2D eigenvalue weighted by molar-refractivity contribution is 7.90. The molecule has 10 heteroatoms. The molecule has 0 aliphatic rings. The molecule has 20 heavy (non-hydrogen) atoms. The molecule has 1 rings (SSSR count). The number of rotatable bonds is 7. The molecule has 2 amide bonds. The molecule has 0 radical (unpaired) electrons. The van der Waals surface area contributed by atoms with Gasteiger partial charge in [-0.05, 0) is 6.42 Å². The zero-order chi connectivity index (χ0) is 15.2. The molecule has 1 aromatic rings. The van der Waals surface area contributed by atoms with E-state index in [-0.39, 0.29) is 18.7 Å². The number of carboxylic acid groups (broad SMARTS) is 1. The minimum absolute atomic E-state index is 0.178. The van der Waals surface area contributed by atoms with Crippen LogP contribution in [0.2, 0.25) is 0 Å². The Morgan fingerprint density at radius 3 is 2.70 bits per heavy atom. The lowest BCUT2D eigenvalue weighted by atomic mass is 10.2. The number of carbonyl (C=O) groups is 2. The lowest BCUT2D eigenvalue weighted by Crippen LogP contribution is -2.46. The highest BCUT2D eigenvalue weighted by Crippen LogP contribution is 2.04. The Morgan fingerprint density at radius 2 is 2.20 bits per heavy atom. The molecule has 1 heterocycles. The molecule has 112 valence electrons. The average molecular weight is 321 g/mol. The summed E-state index contributed by atoms with van der Waals surface area (Å²) >= 11 is 1.35. The van der Waals surface area contributed by atoms with Crippen LogP contribution in [0, 0.1) is 0 Å². The van der Waals surface area contributed by atoms with Crippen LogP contribution in [0.25, 0.3) is 0 Å².